The van der Waals surface area contributed by atoms with E-state index in [1.807, 2.05) is 0 Å². The number of oxime groups is 1. The first-order valence-electron chi connectivity index (χ1n) is 7.35. The molecular formula is C15H14F3N5O2. The molecule has 0 atom stereocenters. The average Bonchev–Trinajstić information content (AvgIpc) is 3.02. The molecule has 0 aliphatic carbocycles. The lowest BCUT2D eigenvalue weighted by molar-refractivity contribution is -0.0640. The molecule has 0 fully saturated rings. The summed E-state index contributed by atoms with van der Waals surface area (Å²) < 4.78 is 40.3. The molecule has 10 heteroatoms. The molecule has 1 aliphatic rings. The number of carbonyl (C=O) groups excluding carboxylic acids is 1. The monoisotopic (exact) mass is 353 g/mol. The maximum Gasteiger partial charge on any atom is 0.434 e. The summed E-state index contributed by atoms with van der Waals surface area (Å²) in [7, 11) is 1.03. The summed E-state index contributed by atoms with van der Waals surface area (Å²) in [4.78, 5) is 21.8. The highest BCUT2D eigenvalue weighted by Gasteiger charge is 2.40. The molecule has 2 aromatic rings. The maximum absolute atomic E-state index is 12.9. The largest absolute Gasteiger partial charge is 0.434 e. The Balaban J connectivity index is 1.84. The van der Waals surface area contributed by atoms with E-state index >= 15 is 0 Å². The number of hydrogen-bond donors (Lipinski definition) is 0. The fourth-order valence-electron chi connectivity index (χ4n) is 2.52. The summed E-state index contributed by atoms with van der Waals surface area (Å²) in [6.07, 6.45) is 0.367. The quantitative estimate of drug-likeness (QED) is 0.621. The van der Waals surface area contributed by atoms with Crippen LogP contribution in [0.4, 0.5) is 13.2 Å². The molecule has 1 aliphatic heterocycles. The molecule has 3 heterocycles. The summed E-state index contributed by atoms with van der Waals surface area (Å²) in [6.45, 7) is -0.553. The molecule has 0 N–H and O–H groups in total. The van der Waals surface area contributed by atoms with Crippen LogP contribution in [0.3, 0.4) is 0 Å². The van der Waals surface area contributed by atoms with E-state index in [-0.39, 0.29) is 12.1 Å². The van der Waals surface area contributed by atoms with Crippen molar-refractivity contribution in [1.29, 1.82) is 0 Å². The number of pyridine rings is 1. The van der Waals surface area contributed by atoms with Crippen molar-refractivity contribution in [1.82, 2.24) is 19.7 Å². The third-order valence-electron chi connectivity index (χ3n) is 3.71. The minimum Gasteiger partial charge on any atom is -0.399 e. The smallest absolute Gasteiger partial charge is 0.399 e. The molecule has 0 bridgehead atoms. The molecule has 7 nitrogen and oxygen atoms in total. The molecular weight excluding hydrogens is 339 g/mol. The van der Waals surface area contributed by atoms with Gasteiger partial charge in [0.25, 0.3) is 5.91 Å². The van der Waals surface area contributed by atoms with Crippen molar-refractivity contribution in [2.45, 2.75) is 12.6 Å². The minimum absolute atomic E-state index is 0.120. The van der Waals surface area contributed by atoms with Crippen molar-refractivity contribution >= 4 is 11.6 Å². The first-order chi connectivity index (χ1) is 11.9. The van der Waals surface area contributed by atoms with E-state index < -0.39 is 24.3 Å². The van der Waals surface area contributed by atoms with Crippen LogP contribution >= 0.6 is 0 Å². The molecule has 0 aromatic carbocycles. The van der Waals surface area contributed by atoms with Crippen molar-refractivity contribution in [2.24, 2.45) is 5.16 Å². The molecule has 0 saturated carbocycles. The Morgan fingerprint density at radius 3 is 2.88 bits per heavy atom. The van der Waals surface area contributed by atoms with E-state index in [0.717, 1.165) is 12.0 Å². The van der Waals surface area contributed by atoms with Gasteiger partial charge in [-0.25, -0.2) is 4.68 Å². The van der Waals surface area contributed by atoms with Crippen LogP contribution in [0.2, 0.25) is 0 Å². The van der Waals surface area contributed by atoms with Gasteiger partial charge in [0.05, 0.1) is 29.7 Å². The van der Waals surface area contributed by atoms with Gasteiger partial charge in [0.15, 0.2) is 5.71 Å². The predicted octanol–water partition coefficient (Wildman–Crippen LogP) is 1.83. The Hall–Kier alpha value is -2.91. The molecule has 0 saturated heterocycles. The SMILES string of the molecule is CON=C(CN1CCc2nn(-c3cccnc3)cc2C1=O)C(F)(F)F. The van der Waals surface area contributed by atoms with Gasteiger partial charge in [0.2, 0.25) is 0 Å². The highest BCUT2D eigenvalue weighted by Crippen LogP contribution is 2.23. The third-order valence-corrected chi connectivity index (χ3v) is 3.71. The van der Waals surface area contributed by atoms with Crippen LogP contribution in [0, 0.1) is 0 Å². The number of aromatic nitrogens is 3. The summed E-state index contributed by atoms with van der Waals surface area (Å²) >= 11 is 0. The van der Waals surface area contributed by atoms with Crippen LogP contribution in [-0.2, 0) is 11.3 Å². The first kappa shape index (κ1) is 16.9. The van der Waals surface area contributed by atoms with Gasteiger partial charge >= 0.3 is 6.18 Å². The molecule has 2 aromatic heterocycles. The lowest BCUT2D eigenvalue weighted by Crippen LogP contribution is -2.44. The van der Waals surface area contributed by atoms with E-state index in [1.54, 1.807) is 24.5 Å². The van der Waals surface area contributed by atoms with Crippen LogP contribution in [0.25, 0.3) is 5.69 Å². The van der Waals surface area contributed by atoms with Crippen molar-refractivity contribution in [2.75, 3.05) is 20.2 Å². The van der Waals surface area contributed by atoms with E-state index in [9.17, 15) is 18.0 Å². The van der Waals surface area contributed by atoms with Crippen LogP contribution < -0.4 is 0 Å². The molecule has 0 unspecified atom stereocenters. The van der Waals surface area contributed by atoms with Gasteiger partial charge in [-0.2, -0.15) is 18.3 Å². The van der Waals surface area contributed by atoms with E-state index in [1.165, 1.54) is 10.9 Å². The summed E-state index contributed by atoms with van der Waals surface area (Å²) in [6, 6.07) is 3.49. The van der Waals surface area contributed by atoms with Crippen molar-refractivity contribution in [3.63, 3.8) is 0 Å². The van der Waals surface area contributed by atoms with Crippen molar-refractivity contribution in [3.8, 4) is 5.69 Å². The number of rotatable bonds is 4. The number of halogens is 3. The van der Waals surface area contributed by atoms with E-state index in [4.69, 9.17) is 0 Å². The van der Waals surface area contributed by atoms with Gasteiger partial charge in [-0.1, -0.05) is 5.16 Å². The highest BCUT2D eigenvalue weighted by atomic mass is 19.4. The predicted molar refractivity (Wildman–Crippen MR) is 81.5 cm³/mol. The van der Waals surface area contributed by atoms with Crippen LogP contribution in [-0.4, -0.2) is 57.7 Å². The Kier molecular flexibility index (Phi) is 4.43. The van der Waals surface area contributed by atoms with Gasteiger partial charge < -0.3 is 9.74 Å². The second-order valence-electron chi connectivity index (χ2n) is 5.34. The van der Waals surface area contributed by atoms with Crippen molar-refractivity contribution < 1.29 is 22.8 Å². The number of nitrogens with zero attached hydrogens (tertiary/aromatic N) is 5. The van der Waals surface area contributed by atoms with Crippen LogP contribution in [0.1, 0.15) is 16.1 Å². The first-order valence-corrected chi connectivity index (χ1v) is 7.35. The van der Waals surface area contributed by atoms with Crippen LogP contribution in [0.5, 0.6) is 0 Å². The summed E-state index contributed by atoms with van der Waals surface area (Å²) in [5.74, 6) is -0.524. The second-order valence-corrected chi connectivity index (χ2v) is 5.34. The average molecular weight is 353 g/mol. The fraction of sp³-hybridized carbons (Fsp3) is 0.333. The maximum atomic E-state index is 12.9. The standard InChI is InChI=1S/C15H14F3N5O2/c1-25-21-13(15(16,17)18)9-22-6-4-12-11(14(22)24)8-23(20-12)10-3-2-5-19-7-10/h2-3,5,7-8H,4,6,9H2,1H3. The van der Waals surface area contributed by atoms with E-state index in [2.05, 4.69) is 20.1 Å². The molecule has 25 heavy (non-hydrogen) atoms. The third kappa shape index (κ3) is 3.47. The normalized spacial score (nSPS) is 15.3. The number of alkyl halides is 3. The molecule has 0 radical (unpaired) electrons. The molecule has 3 rings (SSSR count). The lowest BCUT2D eigenvalue weighted by atomic mass is 10.1. The number of fused-ring (bicyclic) bond motifs is 1. The summed E-state index contributed by atoms with van der Waals surface area (Å²) in [5.41, 5.74) is 0.316. The highest BCUT2D eigenvalue weighted by molar-refractivity contribution is 6.00. The van der Waals surface area contributed by atoms with Gasteiger partial charge in [-0.3, -0.25) is 9.78 Å². The Labute approximate surface area is 140 Å². The van der Waals surface area contributed by atoms with Gasteiger partial charge in [0, 0.05) is 25.4 Å². The molecule has 1 amide bonds. The zero-order valence-corrected chi connectivity index (χ0v) is 13.2. The Bertz CT molecular complexity index is 801. The van der Waals surface area contributed by atoms with Gasteiger partial charge in [-0.05, 0) is 12.1 Å². The van der Waals surface area contributed by atoms with Gasteiger partial charge in [-0.15, -0.1) is 0 Å². The van der Waals surface area contributed by atoms with E-state index in [0.29, 0.717) is 17.8 Å². The molecule has 0 spiro atoms. The number of hydrogen-bond acceptors (Lipinski definition) is 5. The minimum atomic E-state index is -4.67. The van der Waals surface area contributed by atoms with Gasteiger partial charge in [0.1, 0.15) is 7.11 Å². The van der Waals surface area contributed by atoms with Crippen molar-refractivity contribution in [3.05, 3.63) is 42.0 Å². The molecule has 132 valence electrons. The summed E-state index contributed by atoms with van der Waals surface area (Å²) in [5, 5.41) is 7.32. The zero-order chi connectivity index (χ0) is 18.0. The zero-order valence-electron chi connectivity index (χ0n) is 13.2. The topological polar surface area (TPSA) is 72.6 Å². The van der Waals surface area contributed by atoms with Crippen LogP contribution in [0.15, 0.2) is 35.9 Å². The fourth-order valence-corrected chi connectivity index (χ4v) is 2.52. The number of amides is 1. The Morgan fingerprint density at radius 2 is 2.24 bits per heavy atom. The lowest BCUT2D eigenvalue weighted by Gasteiger charge is -2.26. The Morgan fingerprint density at radius 1 is 1.44 bits per heavy atom. The number of carbonyl (C=O) groups is 1. The second kappa shape index (κ2) is 6.54.